The highest BCUT2D eigenvalue weighted by molar-refractivity contribution is 9.10. The van der Waals surface area contributed by atoms with E-state index in [0.29, 0.717) is 55.7 Å². The van der Waals surface area contributed by atoms with Crippen LogP contribution < -0.4 is 30.9 Å². The Bertz CT molecular complexity index is 1750. The van der Waals surface area contributed by atoms with E-state index in [9.17, 15) is 9.67 Å². The van der Waals surface area contributed by atoms with E-state index in [0.717, 1.165) is 63.4 Å². The molecular formula is C32H41BrN9O3P. The minimum Gasteiger partial charge on any atom is -0.494 e. The number of fused-ring (bicyclic) bond motifs is 1. The Morgan fingerprint density at radius 1 is 1.04 bits per heavy atom. The van der Waals surface area contributed by atoms with Crippen molar-refractivity contribution in [1.82, 2.24) is 30.2 Å². The fourth-order valence-electron chi connectivity index (χ4n) is 6.41. The molecule has 2 aliphatic heterocycles. The van der Waals surface area contributed by atoms with Crippen molar-refractivity contribution in [3.8, 4) is 5.75 Å². The minimum atomic E-state index is -2.76. The second-order valence-corrected chi connectivity index (χ2v) is 16.2. The summed E-state index contributed by atoms with van der Waals surface area (Å²) in [6.45, 7) is 11.4. The first-order chi connectivity index (χ1) is 22.1. The summed E-state index contributed by atoms with van der Waals surface area (Å²) < 4.78 is 19.9. The standard InChI is InChI=1S/C32H41BrN9O3P/c1-20(43)22-17-26(28(45-2)18-27(22)42-13-7-21(8-14-42)41-15-11-34-12-16-41)39-32-37-19-23(33)31(40-32)38-25-6-5-24-29(36-10-9-35-24)30(25)46(3,4)44/h5-6,9-10,17-21,34,43H,7-8,11-16H2,1-4H3,(H2,37,38,39,40). The van der Waals surface area contributed by atoms with E-state index in [2.05, 4.69) is 56.6 Å². The Hall–Kier alpha value is -3.35. The first kappa shape index (κ1) is 32.6. The number of nitrogens with zero attached hydrogens (tertiary/aromatic N) is 6. The molecule has 2 aromatic carbocycles. The molecule has 2 fully saturated rings. The van der Waals surface area contributed by atoms with Crippen LogP contribution in [0.5, 0.6) is 5.75 Å². The number of benzene rings is 2. The highest BCUT2D eigenvalue weighted by Gasteiger charge is 2.28. The molecular weight excluding hydrogens is 669 g/mol. The molecule has 2 saturated heterocycles. The molecule has 46 heavy (non-hydrogen) atoms. The molecule has 0 saturated carbocycles. The molecule has 0 amide bonds. The van der Waals surface area contributed by atoms with Gasteiger partial charge in [0.2, 0.25) is 5.95 Å². The average Bonchev–Trinajstić information content (AvgIpc) is 3.06. The third-order valence-corrected chi connectivity index (χ3v) is 10.8. The Labute approximate surface area is 277 Å². The molecule has 0 radical (unpaired) electrons. The van der Waals surface area contributed by atoms with Gasteiger partial charge in [0.15, 0.2) is 0 Å². The van der Waals surface area contributed by atoms with Crippen molar-refractivity contribution in [3.63, 3.8) is 0 Å². The SMILES string of the molecule is COc1cc(N2CCC(N3CCNCC3)CC2)c(C(C)O)cc1Nc1ncc(Br)c(Nc2ccc3nccnc3c2P(C)(C)=O)n1. The van der Waals surface area contributed by atoms with E-state index in [-0.39, 0.29) is 0 Å². The molecule has 4 N–H and O–H groups in total. The van der Waals surface area contributed by atoms with E-state index >= 15 is 0 Å². The van der Waals surface area contributed by atoms with Crippen molar-refractivity contribution in [3.05, 3.63) is 52.9 Å². The minimum absolute atomic E-state index is 0.323. The maximum absolute atomic E-state index is 13.4. The second-order valence-electron chi connectivity index (χ2n) is 12.2. The number of anilines is 5. The van der Waals surface area contributed by atoms with E-state index in [1.54, 1.807) is 46.0 Å². The molecule has 2 aliphatic rings. The molecule has 6 rings (SSSR count). The number of aliphatic hydroxyl groups is 1. The molecule has 2 aromatic heterocycles. The van der Waals surface area contributed by atoms with E-state index in [1.807, 2.05) is 24.3 Å². The van der Waals surface area contributed by atoms with Gasteiger partial charge in [-0.2, -0.15) is 4.98 Å². The lowest BCUT2D eigenvalue weighted by Gasteiger charge is -2.41. The topological polar surface area (TPSA) is 141 Å². The van der Waals surface area contributed by atoms with E-state index in [1.165, 1.54) is 0 Å². The molecule has 14 heteroatoms. The number of rotatable bonds is 9. The number of aromatic nitrogens is 4. The lowest BCUT2D eigenvalue weighted by molar-refractivity contribution is 0.149. The lowest BCUT2D eigenvalue weighted by atomic mass is 9.99. The quantitative estimate of drug-likeness (QED) is 0.177. The predicted octanol–water partition coefficient (Wildman–Crippen LogP) is 4.85. The van der Waals surface area contributed by atoms with Gasteiger partial charge in [-0.15, -0.1) is 0 Å². The summed E-state index contributed by atoms with van der Waals surface area (Å²) in [5.41, 5.74) is 4.32. The van der Waals surface area contributed by atoms with Crippen molar-refractivity contribution in [2.75, 3.05) is 75.2 Å². The van der Waals surface area contributed by atoms with Gasteiger partial charge in [0.25, 0.3) is 0 Å². The fraction of sp³-hybridized carbons (Fsp3) is 0.438. The van der Waals surface area contributed by atoms with Crippen molar-refractivity contribution >= 4 is 68.2 Å². The number of halogens is 1. The Kier molecular flexibility index (Phi) is 9.77. The van der Waals surface area contributed by atoms with Gasteiger partial charge >= 0.3 is 0 Å². The van der Waals surface area contributed by atoms with Crippen molar-refractivity contribution in [2.24, 2.45) is 0 Å². The monoisotopic (exact) mass is 709 g/mol. The summed E-state index contributed by atoms with van der Waals surface area (Å²) in [5, 5.41) is 21.6. The van der Waals surface area contributed by atoms with Crippen LogP contribution in [0.1, 0.15) is 31.4 Å². The molecule has 0 spiro atoms. The molecule has 1 unspecified atom stereocenters. The zero-order valence-corrected chi connectivity index (χ0v) is 29.1. The number of piperazine rings is 1. The molecule has 0 aliphatic carbocycles. The summed E-state index contributed by atoms with van der Waals surface area (Å²) in [5.74, 6) is 1.43. The van der Waals surface area contributed by atoms with Crippen LogP contribution in [-0.2, 0) is 4.57 Å². The second kappa shape index (κ2) is 13.8. The third kappa shape index (κ3) is 6.99. The molecule has 4 aromatic rings. The van der Waals surface area contributed by atoms with Crippen molar-refractivity contribution < 1.29 is 14.4 Å². The molecule has 0 bridgehead atoms. The van der Waals surface area contributed by atoms with Gasteiger partial charge in [0.05, 0.1) is 39.9 Å². The van der Waals surface area contributed by atoms with Crippen molar-refractivity contribution in [1.29, 1.82) is 0 Å². The molecule has 4 heterocycles. The number of piperidine rings is 1. The number of nitrogens with one attached hydrogen (secondary N) is 3. The summed E-state index contributed by atoms with van der Waals surface area (Å²) in [4.78, 5) is 23.1. The largest absolute Gasteiger partial charge is 0.494 e. The zero-order valence-electron chi connectivity index (χ0n) is 26.6. The van der Waals surface area contributed by atoms with Crippen LogP contribution >= 0.6 is 23.1 Å². The Morgan fingerprint density at radius 2 is 1.78 bits per heavy atom. The number of aliphatic hydroxyl groups excluding tert-OH is 1. The van der Waals surface area contributed by atoms with Gasteiger partial charge in [-0.3, -0.25) is 14.9 Å². The summed E-state index contributed by atoms with van der Waals surface area (Å²) in [6, 6.07) is 8.20. The summed E-state index contributed by atoms with van der Waals surface area (Å²) >= 11 is 3.56. The highest BCUT2D eigenvalue weighted by atomic mass is 79.9. The number of hydrogen-bond acceptors (Lipinski definition) is 12. The number of ether oxygens (including phenoxy) is 1. The van der Waals surface area contributed by atoms with E-state index in [4.69, 9.17) is 9.72 Å². The van der Waals surface area contributed by atoms with Gasteiger partial charge in [-0.1, -0.05) is 0 Å². The normalized spacial score (nSPS) is 17.2. The zero-order chi connectivity index (χ0) is 32.4. The van der Waals surface area contributed by atoms with Crippen LogP contribution in [0.2, 0.25) is 0 Å². The third-order valence-electron chi connectivity index (χ3n) is 8.67. The summed E-state index contributed by atoms with van der Waals surface area (Å²) in [6.07, 6.45) is 6.35. The molecule has 244 valence electrons. The smallest absolute Gasteiger partial charge is 0.229 e. The van der Waals surface area contributed by atoms with Gasteiger partial charge < -0.3 is 35.3 Å². The maximum atomic E-state index is 13.4. The summed E-state index contributed by atoms with van der Waals surface area (Å²) in [7, 11) is -1.13. The van der Waals surface area contributed by atoms with Crippen LogP contribution in [0.25, 0.3) is 11.0 Å². The lowest BCUT2D eigenvalue weighted by Crippen LogP contribution is -2.52. The number of hydrogen-bond donors (Lipinski definition) is 4. The van der Waals surface area contributed by atoms with Gasteiger partial charge in [-0.25, -0.2) is 4.98 Å². The predicted molar refractivity (Wildman–Crippen MR) is 188 cm³/mol. The fourth-order valence-corrected chi connectivity index (χ4v) is 8.09. The van der Waals surface area contributed by atoms with Crippen LogP contribution in [-0.4, -0.2) is 95.7 Å². The first-order valence-electron chi connectivity index (χ1n) is 15.6. The van der Waals surface area contributed by atoms with Crippen molar-refractivity contribution in [2.45, 2.75) is 31.9 Å². The molecule has 1 atom stereocenters. The van der Waals surface area contributed by atoms with Gasteiger partial charge in [-0.05, 0) is 67.2 Å². The van der Waals surface area contributed by atoms with Crippen LogP contribution in [0.4, 0.5) is 28.8 Å². The average molecular weight is 711 g/mol. The number of methoxy groups -OCH3 is 1. The Morgan fingerprint density at radius 3 is 2.48 bits per heavy atom. The van der Waals surface area contributed by atoms with Gasteiger partial charge in [0, 0.05) is 81.2 Å². The van der Waals surface area contributed by atoms with Crippen LogP contribution in [0, 0.1) is 0 Å². The van der Waals surface area contributed by atoms with Crippen LogP contribution in [0.3, 0.4) is 0 Å². The highest BCUT2D eigenvalue weighted by Crippen LogP contribution is 2.42. The first-order valence-corrected chi connectivity index (χ1v) is 19.0. The van der Waals surface area contributed by atoms with E-state index < -0.39 is 13.2 Å². The Balaban J connectivity index is 1.26. The molecule has 12 nitrogen and oxygen atoms in total. The van der Waals surface area contributed by atoms with Gasteiger partial charge in [0.1, 0.15) is 24.2 Å². The maximum Gasteiger partial charge on any atom is 0.229 e. The van der Waals surface area contributed by atoms with Crippen LogP contribution in [0.15, 0.2) is 47.3 Å².